The highest BCUT2D eigenvalue weighted by molar-refractivity contribution is 7.89. The van der Waals surface area contributed by atoms with Gasteiger partial charge in [0.15, 0.2) is 0 Å². The maximum atomic E-state index is 11.2. The highest BCUT2D eigenvalue weighted by atomic mass is 35.5. The van der Waals surface area contributed by atoms with Crippen LogP contribution in [0, 0.1) is 0 Å². The van der Waals surface area contributed by atoms with Crippen molar-refractivity contribution in [2.24, 2.45) is 5.14 Å². The number of hydrogen-bond donors (Lipinski definition) is 1. The van der Waals surface area contributed by atoms with E-state index in [1.165, 1.54) is 13.2 Å². The molecular weight excluding hydrogens is 238 g/mol. The number of primary sulfonamides is 1. The van der Waals surface area contributed by atoms with Gasteiger partial charge in [-0.05, 0) is 24.1 Å². The summed E-state index contributed by atoms with van der Waals surface area (Å²) in [7, 11) is -2.36. The van der Waals surface area contributed by atoms with Crippen molar-refractivity contribution < 1.29 is 13.2 Å². The molecule has 0 aliphatic carbocycles. The molecule has 1 rings (SSSR count). The van der Waals surface area contributed by atoms with Gasteiger partial charge in [0, 0.05) is 5.88 Å². The van der Waals surface area contributed by atoms with Crippen LogP contribution in [0.2, 0.25) is 0 Å². The summed E-state index contributed by atoms with van der Waals surface area (Å²) in [6.07, 6.45) is 0.591. The zero-order valence-electron chi connectivity index (χ0n) is 8.23. The van der Waals surface area contributed by atoms with E-state index in [0.717, 1.165) is 5.56 Å². The molecule has 0 atom stereocenters. The minimum atomic E-state index is -3.75. The third-order valence-corrected chi connectivity index (χ3v) is 3.04. The first-order valence-electron chi connectivity index (χ1n) is 4.24. The summed E-state index contributed by atoms with van der Waals surface area (Å²) in [5, 5.41) is 5.06. The molecule has 0 aliphatic rings. The molecule has 0 saturated carbocycles. The molecule has 4 nitrogen and oxygen atoms in total. The van der Waals surface area contributed by atoms with Crippen molar-refractivity contribution in [3.05, 3.63) is 23.8 Å². The maximum Gasteiger partial charge on any atom is 0.241 e. The monoisotopic (exact) mass is 249 g/mol. The predicted octanol–water partition coefficient (Wildman–Crippen LogP) is 1.12. The van der Waals surface area contributed by atoms with Crippen molar-refractivity contribution in [3.8, 4) is 5.75 Å². The van der Waals surface area contributed by atoms with Gasteiger partial charge in [-0.3, -0.25) is 0 Å². The summed E-state index contributed by atoms with van der Waals surface area (Å²) in [5.41, 5.74) is 0.815. The van der Waals surface area contributed by atoms with Crippen LogP contribution in [0.5, 0.6) is 5.75 Å². The van der Waals surface area contributed by atoms with Crippen molar-refractivity contribution in [1.29, 1.82) is 0 Å². The first-order valence-corrected chi connectivity index (χ1v) is 6.33. The average Bonchev–Trinajstić information content (AvgIpc) is 2.17. The fraction of sp³-hybridized carbons (Fsp3) is 0.333. The molecule has 0 heterocycles. The largest absolute Gasteiger partial charge is 0.495 e. The van der Waals surface area contributed by atoms with Crippen molar-refractivity contribution >= 4 is 21.6 Å². The topological polar surface area (TPSA) is 69.4 Å². The molecule has 84 valence electrons. The van der Waals surface area contributed by atoms with Gasteiger partial charge in [-0.25, -0.2) is 13.6 Å². The van der Waals surface area contributed by atoms with E-state index in [4.69, 9.17) is 21.5 Å². The Bertz CT molecular complexity index is 445. The number of ether oxygens (including phenoxy) is 1. The summed E-state index contributed by atoms with van der Waals surface area (Å²) in [4.78, 5) is -0.00684. The first-order chi connectivity index (χ1) is 6.99. The molecule has 0 bridgehead atoms. The van der Waals surface area contributed by atoms with E-state index in [0.29, 0.717) is 12.3 Å². The zero-order valence-corrected chi connectivity index (χ0v) is 9.81. The molecule has 0 radical (unpaired) electrons. The Morgan fingerprint density at radius 2 is 2.13 bits per heavy atom. The molecule has 2 N–H and O–H groups in total. The quantitative estimate of drug-likeness (QED) is 0.813. The van der Waals surface area contributed by atoms with Crippen LogP contribution in [0.15, 0.2) is 23.1 Å². The molecule has 0 aromatic heterocycles. The standard InChI is InChI=1S/C9H12ClNO3S/c1-14-8-3-2-7(4-5-10)6-9(8)15(11,12)13/h2-3,6H,4-5H2,1H3,(H2,11,12,13). The third kappa shape index (κ3) is 3.09. The first kappa shape index (κ1) is 12.3. The summed E-state index contributed by atoms with van der Waals surface area (Å²) >= 11 is 5.56. The van der Waals surface area contributed by atoms with Crippen LogP contribution in [0.4, 0.5) is 0 Å². The summed E-state index contributed by atoms with van der Waals surface area (Å²) < 4.78 is 27.4. The number of halogens is 1. The molecule has 0 fully saturated rings. The smallest absolute Gasteiger partial charge is 0.241 e. The molecular formula is C9H12ClNO3S. The molecule has 1 aromatic rings. The van der Waals surface area contributed by atoms with Gasteiger partial charge >= 0.3 is 0 Å². The number of nitrogens with two attached hydrogens (primary N) is 1. The lowest BCUT2D eigenvalue weighted by atomic mass is 10.2. The fourth-order valence-corrected chi connectivity index (χ4v) is 2.17. The Kier molecular flexibility index (Phi) is 3.96. The van der Waals surface area contributed by atoms with Crippen molar-refractivity contribution in [2.45, 2.75) is 11.3 Å². The Hall–Kier alpha value is -0.780. The second-order valence-electron chi connectivity index (χ2n) is 2.97. The number of methoxy groups -OCH3 is 1. The van der Waals surface area contributed by atoms with Gasteiger partial charge in [0.1, 0.15) is 10.6 Å². The van der Waals surface area contributed by atoms with E-state index in [2.05, 4.69) is 0 Å². The number of rotatable bonds is 4. The molecule has 15 heavy (non-hydrogen) atoms. The van der Waals surface area contributed by atoms with E-state index in [1.54, 1.807) is 12.1 Å². The number of sulfonamides is 1. The van der Waals surface area contributed by atoms with Crippen LogP contribution in [0.25, 0.3) is 0 Å². The maximum absolute atomic E-state index is 11.2. The van der Waals surface area contributed by atoms with E-state index in [-0.39, 0.29) is 10.6 Å². The molecule has 0 unspecified atom stereocenters. The third-order valence-electron chi connectivity index (χ3n) is 1.92. The van der Waals surface area contributed by atoms with Crippen LogP contribution < -0.4 is 9.88 Å². The highest BCUT2D eigenvalue weighted by Gasteiger charge is 2.15. The fourth-order valence-electron chi connectivity index (χ4n) is 1.21. The van der Waals surface area contributed by atoms with Gasteiger partial charge in [0.2, 0.25) is 10.0 Å². The van der Waals surface area contributed by atoms with Crippen molar-refractivity contribution in [3.63, 3.8) is 0 Å². The second-order valence-corrected chi connectivity index (χ2v) is 4.88. The molecule has 0 spiro atoms. The summed E-state index contributed by atoms with van der Waals surface area (Å²) in [6.45, 7) is 0. The second kappa shape index (κ2) is 4.83. The van der Waals surface area contributed by atoms with E-state index >= 15 is 0 Å². The number of hydrogen-bond acceptors (Lipinski definition) is 3. The Labute approximate surface area is 94.0 Å². The van der Waals surface area contributed by atoms with Crippen LogP contribution in [0.1, 0.15) is 5.56 Å². The van der Waals surface area contributed by atoms with Crippen LogP contribution in [-0.4, -0.2) is 21.4 Å². The van der Waals surface area contributed by atoms with Crippen molar-refractivity contribution in [1.82, 2.24) is 0 Å². The molecule has 1 aromatic carbocycles. The number of benzene rings is 1. The van der Waals surface area contributed by atoms with Crippen LogP contribution >= 0.6 is 11.6 Å². The van der Waals surface area contributed by atoms with Gasteiger partial charge < -0.3 is 4.74 Å². The van der Waals surface area contributed by atoms with Gasteiger partial charge in [0.05, 0.1) is 7.11 Å². The Balaban J connectivity index is 3.26. The molecule has 0 aliphatic heterocycles. The van der Waals surface area contributed by atoms with Gasteiger partial charge in [-0.2, -0.15) is 0 Å². The lowest BCUT2D eigenvalue weighted by Gasteiger charge is -2.08. The predicted molar refractivity (Wildman–Crippen MR) is 58.8 cm³/mol. The van der Waals surface area contributed by atoms with E-state index in [1.807, 2.05) is 0 Å². The van der Waals surface area contributed by atoms with Gasteiger partial charge in [-0.1, -0.05) is 6.07 Å². The lowest BCUT2D eigenvalue weighted by Crippen LogP contribution is -2.13. The minimum absolute atomic E-state index is 0.00684. The lowest BCUT2D eigenvalue weighted by molar-refractivity contribution is 0.402. The number of aryl methyl sites for hydroxylation is 1. The van der Waals surface area contributed by atoms with Crippen LogP contribution in [0.3, 0.4) is 0 Å². The van der Waals surface area contributed by atoms with Crippen molar-refractivity contribution in [2.75, 3.05) is 13.0 Å². The summed E-state index contributed by atoms with van der Waals surface area (Å²) in [6, 6.07) is 4.81. The molecule has 0 saturated heterocycles. The average molecular weight is 250 g/mol. The highest BCUT2D eigenvalue weighted by Crippen LogP contribution is 2.23. The van der Waals surface area contributed by atoms with E-state index in [9.17, 15) is 8.42 Å². The Morgan fingerprint density at radius 3 is 2.60 bits per heavy atom. The molecule has 0 amide bonds. The zero-order chi connectivity index (χ0) is 11.5. The van der Waals surface area contributed by atoms with Gasteiger partial charge in [-0.15, -0.1) is 11.6 Å². The minimum Gasteiger partial charge on any atom is -0.495 e. The Morgan fingerprint density at radius 1 is 1.47 bits per heavy atom. The van der Waals surface area contributed by atoms with Crippen LogP contribution in [-0.2, 0) is 16.4 Å². The van der Waals surface area contributed by atoms with E-state index < -0.39 is 10.0 Å². The summed E-state index contributed by atoms with van der Waals surface area (Å²) in [5.74, 6) is 0.673. The van der Waals surface area contributed by atoms with Gasteiger partial charge in [0.25, 0.3) is 0 Å². The SMILES string of the molecule is COc1ccc(CCCl)cc1S(N)(=O)=O. The normalized spacial score (nSPS) is 11.4. The number of alkyl halides is 1. The molecule has 6 heteroatoms.